The van der Waals surface area contributed by atoms with Crippen molar-refractivity contribution in [1.29, 1.82) is 0 Å². The van der Waals surface area contributed by atoms with Gasteiger partial charge in [-0.05, 0) is 46.4 Å². The monoisotopic (exact) mass is 432 g/mol. The van der Waals surface area contributed by atoms with E-state index in [2.05, 4.69) is 21.2 Å². The van der Waals surface area contributed by atoms with Crippen LogP contribution in [0.15, 0.2) is 39.0 Å². The molecule has 3 N–H and O–H groups in total. The highest BCUT2D eigenvalue weighted by molar-refractivity contribution is 9.10. The van der Waals surface area contributed by atoms with E-state index in [9.17, 15) is 13.2 Å². The van der Waals surface area contributed by atoms with Crippen LogP contribution in [0.4, 0.5) is 0 Å². The van der Waals surface area contributed by atoms with Gasteiger partial charge in [0.25, 0.3) is 5.91 Å². The average Bonchev–Trinajstić information content (AvgIpc) is 2.97. The molecule has 1 amide bonds. The van der Waals surface area contributed by atoms with E-state index in [0.29, 0.717) is 6.42 Å². The average molecular weight is 433 g/mol. The summed E-state index contributed by atoms with van der Waals surface area (Å²) in [6, 6.07) is 6.45. The summed E-state index contributed by atoms with van der Waals surface area (Å²) in [6.07, 6.45) is 0.685. The second-order valence-corrected chi connectivity index (χ2v) is 8.60. The summed E-state index contributed by atoms with van der Waals surface area (Å²) in [7, 11) is -2.56. The molecule has 0 fully saturated rings. The van der Waals surface area contributed by atoms with Crippen LogP contribution in [0.5, 0.6) is 5.75 Å². The molecule has 0 aliphatic heterocycles. The first kappa shape index (κ1) is 18.9. The predicted octanol–water partition coefficient (Wildman–Crippen LogP) is 2.53. The number of amides is 1. The minimum Gasteiger partial charge on any atom is -0.496 e. The van der Waals surface area contributed by atoms with Crippen LogP contribution in [0.3, 0.4) is 0 Å². The van der Waals surface area contributed by atoms with Gasteiger partial charge in [0.2, 0.25) is 10.0 Å². The minimum absolute atomic E-state index is 0.114. The lowest BCUT2D eigenvalue weighted by molar-refractivity contribution is 0.0937. The van der Waals surface area contributed by atoms with Crippen molar-refractivity contribution in [3.8, 4) is 5.75 Å². The van der Waals surface area contributed by atoms with E-state index in [1.54, 1.807) is 11.3 Å². The highest BCUT2D eigenvalue weighted by atomic mass is 79.9. The number of methoxy groups -OCH3 is 1. The number of nitrogens with one attached hydrogen (secondary N) is 1. The number of sulfonamides is 1. The Labute approximate surface area is 153 Å². The topological polar surface area (TPSA) is 98.5 Å². The van der Waals surface area contributed by atoms with E-state index < -0.39 is 15.9 Å². The van der Waals surface area contributed by atoms with Crippen molar-refractivity contribution in [1.82, 2.24) is 5.32 Å². The van der Waals surface area contributed by atoms with Gasteiger partial charge in [-0.3, -0.25) is 4.79 Å². The summed E-state index contributed by atoms with van der Waals surface area (Å²) in [4.78, 5) is 13.5. The summed E-state index contributed by atoms with van der Waals surface area (Å²) in [5.41, 5.74) is 0.114. The highest BCUT2D eigenvalue weighted by Crippen LogP contribution is 2.30. The van der Waals surface area contributed by atoms with Crippen LogP contribution >= 0.6 is 27.3 Å². The molecule has 2 rings (SSSR count). The number of ether oxygens (including phenoxy) is 1. The first-order chi connectivity index (χ1) is 11.2. The fourth-order valence-corrected chi connectivity index (χ4v) is 4.63. The SMILES string of the molecule is COc1cc(Br)c(S(N)(=O)=O)cc1C(=O)N[C@@H](C)Cc1cccs1. The molecule has 0 unspecified atom stereocenters. The van der Waals surface area contributed by atoms with Crippen LogP contribution < -0.4 is 15.2 Å². The van der Waals surface area contributed by atoms with E-state index in [1.807, 2.05) is 24.4 Å². The summed E-state index contributed by atoms with van der Waals surface area (Å²) >= 11 is 4.74. The Bertz CT molecular complexity index is 835. The molecule has 1 atom stereocenters. The molecule has 0 aliphatic rings. The van der Waals surface area contributed by atoms with E-state index in [1.165, 1.54) is 19.2 Å². The molecule has 6 nitrogen and oxygen atoms in total. The van der Waals surface area contributed by atoms with Gasteiger partial charge < -0.3 is 10.1 Å². The summed E-state index contributed by atoms with van der Waals surface area (Å²) in [5.74, 6) is -0.164. The van der Waals surface area contributed by atoms with Crippen LogP contribution in [0, 0.1) is 0 Å². The molecule has 0 saturated heterocycles. The lowest BCUT2D eigenvalue weighted by Gasteiger charge is -2.16. The lowest BCUT2D eigenvalue weighted by atomic mass is 10.1. The smallest absolute Gasteiger partial charge is 0.255 e. The van der Waals surface area contributed by atoms with Gasteiger partial charge in [0, 0.05) is 21.8 Å². The van der Waals surface area contributed by atoms with E-state index in [0.717, 1.165) is 4.88 Å². The Balaban J connectivity index is 2.27. The van der Waals surface area contributed by atoms with Crippen LogP contribution in [-0.4, -0.2) is 27.5 Å². The van der Waals surface area contributed by atoms with Crippen molar-refractivity contribution >= 4 is 43.2 Å². The number of halogens is 1. The van der Waals surface area contributed by atoms with Crippen molar-refractivity contribution in [3.63, 3.8) is 0 Å². The fraction of sp³-hybridized carbons (Fsp3) is 0.267. The number of rotatable bonds is 6. The van der Waals surface area contributed by atoms with Gasteiger partial charge >= 0.3 is 0 Å². The fourth-order valence-electron chi connectivity index (χ4n) is 2.18. The molecular weight excluding hydrogens is 416 g/mol. The Kier molecular flexibility index (Phi) is 6.02. The van der Waals surface area contributed by atoms with E-state index >= 15 is 0 Å². The molecule has 1 aromatic heterocycles. The largest absolute Gasteiger partial charge is 0.496 e. The second kappa shape index (κ2) is 7.64. The molecule has 0 saturated carbocycles. The number of hydrogen-bond donors (Lipinski definition) is 2. The minimum atomic E-state index is -3.96. The van der Waals surface area contributed by atoms with Gasteiger partial charge in [0.05, 0.1) is 17.6 Å². The summed E-state index contributed by atoms with van der Waals surface area (Å²) in [5, 5.41) is 10.00. The maximum absolute atomic E-state index is 12.5. The van der Waals surface area contributed by atoms with Crippen molar-refractivity contribution in [2.75, 3.05) is 7.11 Å². The van der Waals surface area contributed by atoms with Crippen LogP contribution in [-0.2, 0) is 16.4 Å². The third-order valence-corrected chi connectivity index (χ3v) is 6.04. The molecule has 0 bridgehead atoms. The van der Waals surface area contributed by atoms with Crippen LogP contribution in [0.1, 0.15) is 22.2 Å². The quantitative estimate of drug-likeness (QED) is 0.732. The zero-order chi connectivity index (χ0) is 17.9. The predicted molar refractivity (Wildman–Crippen MR) is 97.0 cm³/mol. The van der Waals surface area contributed by atoms with Gasteiger partial charge in [0.15, 0.2) is 0 Å². The normalized spacial score (nSPS) is 12.7. The maximum atomic E-state index is 12.5. The molecule has 0 spiro atoms. The first-order valence-electron chi connectivity index (χ1n) is 6.96. The van der Waals surface area contributed by atoms with Gasteiger partial charge in [-0.25, -0.2) is 13.6 Å². The highest BCUT2D eigenvalue weighted by Gasteiger charge is 2.22. The van der Waals surface area contributed by atoms with Gasteiger partial charge in [-0.15, -0.1) is 11.3 Å². The Hall–Kier alpha value is -1.42. The van der Waals surface area contributed by atoms with Gasteiger partial charge in [-0.2, -0.15) is 0 Å². The number of carbonyl (C=O) groups is 1. The number of thiophene rings is 1. The van der Waals surface area contributed by atoms with Crippen LogP contribution in [0.2, 0.25) is 0 Å². The molecule has 1 heterocycles. The van der Waals surface area contributed by atoms with Gasteiger partial charge in [0.1, 0.15) is 5.75 Å². The van der Waals surface area contributed by atoms with Crippen LogP contribution in [0.25, 0.3) is 0 Å². The molecule has 0 radical (unpaired) electrons. The molecular formula is C15H17BrN2O4S2. The Morgan fingerprint density at radius 2 is 2.17 bits per heavy atom. The van der Waals surface area contributed by atoms with E-state index in [-0.39, 0.29) is 26.7 Å². The third-order valence-electron chi connectivity index (χ3n) is 3.27. The summed E-state index contributed by atoms with van der Waals surface area (Å²) < 4.78 is 28.7. The maximum Gasteiger partial charge on any atom is 0.255 e. The third kappa shape index (κ3) is 4.56. The number of benzene rings is 1. The van der Waals surface area contributed by atoms with Gasteiger partial charge in [-0.1, -0.05) is 6.07 Å². The Morgan fingerprint density at radius 3 is 2.71 bits per heavy atom. The standard InChI is InChI=1S/C15H17BrN2O4S2/c1-9(6-10-4-3-5-23-10)18-15(19)11-7-14(24(17,20)21)12(16)8-13(11)22-2/h3-5,7-9H,6H2,1-2H3,(H,18,19)(H2,17,20,21)/t9-/m0/s1. The van der Waals surface area contributed by atoms with Crippen molar-refractivity contribution in [2.24, 2.45) is 5.14 Å². The zero-order valence-corrected chi connectivity index (χ0v) is 16.3. The lowest BCUT2D eigenvalue weighted by Crippen LogP contribution is -2.34. The second-order valence-electron chi connectivity index (χ2n) is 5.19. The summed E-state index contributed by atoms with van der Waals surface area (Å²) in [6.45, 7) is 1.88. The Morgan fingerprint density at radius 1 is 1.46 bits per heavy atom. The number of hydrogen-bond acceptors (Lipinski definition) is 5. The first-order valence-corrected chi connectivity index (χ1v) is 10.2. The molecule has 0 aliphatic carbocycles. The molecule has 130 valence electrons. The zero-order valence-electron chi connectivity index (χ0n) is 13.1. The number of primary sulfonamides is 1. The van der Waals surface area contributed by atoms with Crippen molar-refractivity contribution < 1.29 is 17.9 Å². The van der Waals surface area contributed by atoms with Crippen molar-refractivity contribution in [3.05, 3.63) is 44.6 Å². The molecule has 1 aromatic carbocycles. The van der Waals surface area contributed by atoms with Crippen molar-refractivity contribution in [2.45, 2.75) is 24.3 Å². The van der Waals surface area contributed by atoms with E-state index in [4.69, 9.17) is 9.88 Å². The molecule has 24 heavy (non-hydrogen) atoms. The molecule has 9 heteroatoms. The number of carbonyl (C=O) groups excluding carboxylic acids is 1. The molecule has 2 aromatic rings. The number of nitrogens with two attached hydrogens (primary N) is 1.